The molecule has 0 aliphatic carbocycles. The highest BCUT2D eigenvalue weighted by molar-refractivity contribution is 7.90. The van der Waals surface area contributed by atoms with E-state index < -0.39 is 10.0 Å². The molecule has 9 heteroatoms. The highest BCUT2D eigenvalue weighted by Gasteiger charge is 2.36. The number of fused-ring (bicyclic) bond motifs is 2. The Morgan fingerprint density at radius 3 is 2.40 bits per heavy atom. The summed E-state index contributed by atoms with van der Waals surface area (Å²) in [7, 11) is -0.730. The van der Waals surface area contributed by atoms with Gasteiger partial charge in [-0.15, -0.1) is 0 Å². The molecule has 226 valence electrons. The summed E-state index contributed by atoms with van der Waals surface area (Å²) < 4.78 is 39.9. The van der Waals surface area contributed by atoms with Gasteiger partial charge in [0.15, 0.2) is 0 Å². The molecule has 6 rings (SSSR count). The quantitative estimate of drug-likeness (QED) is 0.251. The number of benzene rings is 3. The SMILES string of the molecule is COC(=O)c1ccc(C2CN3CCCC[C@H]3CN2Cc2c(OC)cc(C)c3c2ccn3S(=O)(=O)c2ccc(C)cc2)cc1. The van der Waals surface area contributed by atoms with Crippen molar-refractivity contribution in [3.8, 4) is 5.75 Å². The van der Waals surface area contributed by atoms with Gasteiger partial charge in [-0.1, -0.05) is 36.2 Å². The molecule has 43 heavy (non-hydrogen) atoms. The second kappa shape index (κ2) is 11.8. The van der Waals surface area contributed by atoms with Crippen molar-refractivity contribution in [1.82, 2.24) is 13.8 Å². The highest BCUT2D eigenvalue weighted by atomic mass is 32.2. The van der Waals surface area contributed by atoms with Crippen LogP contribution in [0.5, 0.6) is 5.75 Å². The molecule has 8 nitrogen and oxygen atoms in total. The number of aromatic nitrogens is 1. The number of hydrogen-bond donors (Lipinski definition) is 0. The summed E-state index contributed by atoms with van der Waals surface area (Å²) in [6.07, 6.45) is 5.26. The van der Waals surface area contributed by atoms with E-state index >= 15 is 0 Å². The van der Waals surface area contributed by atoms with Crippen molar-refractivity contribution in [2.75, 3.05) is 33.9 Å². The third kappa shape index (κ3) is 5.46. The molecule has 2 aliphatic heterocycles. The Morgan fingerprint density at radius 2 is 1.70 bits per heavy atom. The molecular weight excluding hydrogens is 562 g/mol. The maximum Gasteiger partial charge on any atom is 0.337 e. The van der Waals surface area contributed by atoms with Gasteiger partial charge in [0.25, 0.3) is 10.0 Å². The van der Waals surface area contributed by atoms with Gasteiger partial charge >= 0.3 is 5.97 Å². The summed E-state index contributed by atoms with van der Waals surface area (Å²) in [6, 6.07) is 19.1. The number of hydrogen-bond acceptors (Lipinski definition) is 7. The van der Waals surface area contributed by atoms with Crippen LogP contribution in [0.2, 0.25) is 0 Å². The first-order chi connectivity index (χ1) is 20.7. The molecule has 2 atom stereocenters. The second-order valence-corrected chi connectivity index (χ2v) is 13.6. The molecule has 1 unspecified atom stereocenters. The molecule has 0 amide bonds. The molecule has 0 N–H and O–H groups in total. The van der Waals surface area contributed by atoms with Crippen molar-refractivity contribution >= 4 is 26.9 Å². The van der Waals surface area contributed by atoms with Gasteiger partial charge in [0.1, 0.15) is 5.75 Å². The molecule has 0 saturated carbocycles. The van der Waals surface area contributed by atoms with Crippen molar-refractivity contribution in [2.24, 2.45) is 0 Å². The predicted molar refractivity (Wildman–Crippen MR) is 167 cm³/mol. The number of methoxy groups -OCH3 is 2. The monoisotopic (exact) mass is 601 g/mol. The highest BCUT2D eigenvalue weighted by Crippen LogP contribution is 2.39. The Morgan fingerprint density at radius 1 is 0.953 bits per heavy atom. The van der Waals surface area contributed by atoms with Gasteiger partial charge < -0.3 is 9.47 Å². The van der Waals surface area contributed by atoms with Crippen LogP contribution in [0.3, 0.4) is 0 Å². The zero-order valence-corrected chi connectivity index (χ0v) is 26.1. The van der Waals surface area contributed by atoms with Crippen LogP contribution in [0.4, 0.5) is 0 Å². The molecule has 4 aromatic rings. The summed E-state index contributed by atoms with van der Waals surface area (Å²) in [5.74, 6) is 0.404. The summed E-state index contributed by atoms with van der Waals surface area (Å²) in [4.78, 5) is 17.5. The van der Waals surface area contributed by atoms with E-state index in [9.17, 15) is 13.2 Å². The summed E-state index contributed by atoms with van der Waals surface area (Å²) in [5.41, 5.74) is 5.16. The van der Waals surface area contributed by atoms with Crippen LogP contribution in [-0.4, -0.2) is 68.1 Å². The number of esters is 1. The fourth-order valence-corrected chi connectivity index (χ4v) is 8.21. The average molecular weight is 602 g/mol. The number of ether oxygens (including phenoxy) is 2. The van der Waals surface area contributed by atoms with E-state index in [4.69, 9.17) is 9.47 Å². The average Bonchev–Trinajstić information content (AvgIpc) is 3.49. The van der Waals surface area contributed by atoms with E-state index in [1.807, 2.05) is 62.4 Å². The molecule has 3 heterocycles. The van der Waals surface area contributed by atoms with Gasteiger partial charge in [-0.3, -0.25) is 9.80 Å². The molecular formula is C34H39N3O5S. The molecule has 0 radical (unpaired) electrons. The van der Waals surface area contributed by atoms with Gasteiger partial charge in [-0.25, -0.2) is 17.2 Å². The lowest BCUT2D eigenvalue weighted by atomic mass is 9.92. The molecule has 0 bridgehead atoms. The first-order valence-electron chi connectivity index (χ1n) is 14.9. The fourth-order valence-electron chi connectivity index (χ4n) is 6.79. The van der Waals surface area contributed by atoms with Crippen LogP contribution in [0, 0.1) is 13.8 Å². The number of piperazine rings is 1. The van der Waals surface area contributed by atoms with Crippen LogP contribution in [0.1, 0.15) is 57.9 Å². The topological polar surface area (TPSA) is 81.1 Å². The smallest absolute Gasteiger partial charge is 0.337 e. The normalized spacial score (nSPS) is 19.7. The van der Waals surface area contributed by atoms with Gasteiger partial charge in [0.2, 0.25) is 0 Å². The van der Waals surface area contributed by atoms with E-state index in [1.165, 1.54) is 23.9 Å². The van der Waals surface area contributed by atoms with E-state index in [2.05, 4.69) is 9.80 Å². The van der Waals surface area contributed by atoms with Crippen molar-refractivity contribution in [1.29, 1.82) is 0 Å². The third-order valence-electron chi connectivity index (χ3n) is 9.11. The summed E-state index contributed by atoms with van der Waals surface area (Å²) >= 11 is 0. The minimum Gasteiger partial charge on any atom is -0.496 e. The predicted octanol–water partition coefficient (Wildman–Crippen LogP) is 5.70. The Hall–Kier alpha value is -3.66. The lowest BCUT2D eigenvalue weighted by Crippen LogP contribution is -2.55. The van der Waals surface area contributed by atoms with E-state index in [0.29, 0.717) is 23.7 Å². The number of piperidine rings is 1. The van der Waals surface area contributed by atoms with Crippen LogP contribution < -0.4 is 4.74 Å². The lowest BCUT2D eigenvalue weighted by Gasteiger charge is -2.48. The lowest BCUT2D eigenvalue weighted by molar-refractivity contribution is 0.00341. The fraction of sp³-hybridized carbons (Fsp3) is 0.382. The van der Waals surface area contributed by atoms with E-state index in [0.717, 1.165) is 59.4 Å². The molecule has 2 saturated heterocycles. The van der Waals surface area contributed by atoms with E-state index in [-0.39, 0.29) is 16.9 Å². The van der Waals surface area contributed by atoms with Gasteiger partial charge in [0.05, 0.1) is 30.2 Å². The van der Waals surface area contributed by atoms with Crippen molar-refractivity contribution in [3.63, 3.8) is 0 Å². The molecule has 1 aromatic heterocycles. The van der Waals surface area contributed by atoms with Crippen LogP contribution in [0.15, 0.2) is 71.8 Å². The van der Waals surface area contributed by atoms with Crippen LogP contribution >= 0.6 is 0 Å². The van der Waals surface area contributed by atoms with E-state index in [1.54, 1.807) is 25.4 Å². The standard InChI is InChI=1S/C34H39N3O5S/c1-23-8-14-28(15-9-23)43(39,40)37-18-16-29-30(32(41-3)19-24(2)33(29)37)21-36-20-27-7-5-6-17-35(27)22-31(36)25-10-12-26(13-11-25)34(38)42-4/h8-16,18-19,27,31H,5-7,17,20-22H2,1-4H3/t27-,31?/m0/s1. The molecule has 0 spiro atoms. The first kappa shape index (κ1) is 29.4. The minimum absolute atomic E-state index is 0.0977. The van der Waals surface area contributed by atoms with Crippen molar-refractivity contribution < 1.29 is 22.7 Å². The van der Waals surface area contributed by atoms with Crippen LogP contribution in [0.25, 0.3) is 10.9 Å². The molecule has 2 aliphatic rings. The Bertz CT molecular complexity index is 1750. The number of nitrogens with zero attached hydrogens (tertiary/aromatic N) is 3. The minimum atomic E-state index is -3.80. The zero-order chi connectivity index (χ0) is 30.3. The largest absolute Gasteiger partial charge is 0.496 e. The number of carbonyl (C=O) groups is 1. The van der Waals surface area contributed by atoms with Crippen molar-refractivity contribution in [3.05, 3.63) is 94.7 Å². The maximum absolute atomic E-state index is 13.8. The van der Waals surface area contributed by atoms with Crippen molar-refractivity contribution in [2.45, 2.75) is 56.6 Å². The molecule has 3 aromatic carbocycles. The van der Waals surface area contributed by atoms with Gasteiger partial charge in [-0.2, -0.15) is 0 Å². The number of carbonyl (C=O) groups excluding carboxylic acids is 1. The Balaban J connectivity index is 1.42. The van der Waals surface area contributed by atoms with Gasteiger partial charge in [0, 0.05) is 48.9 Å². The number of rotatable bonds is 7. The van der Waals surface area contributed by atoms with Crippen LogP contribution in [-0.2, 0) is 21.3 Å². The summed E-state index contributed by atoms with van der Waals surface area (Å²) in [6.45, 7) is 7.35. The first-order valence-corrected chi connectivity index (χ1v) is 16.3. The van der Waals surface area contributed by atoms with Gasteiger partial charge in [-0.05, 0) is 80.8 Å². The second-order valence-electron chi connectivity index (χ2n) is 11.8. The Labute approximate surface area is 253 Å². The summed E-state index contributed by atoms with van der Waals surface area (Å²) in [5, 5.41) is 0.874. The third-order valence-corrected chi connectivity index (χ3v) is 10.8. The molecule has 2 fully saturated rings. The Kier molecular flexibility index (Phi) is 8.06. The maximum atomic E-state index is 13.8. The number of aryl methyl sites for hydroxylation is 2. The zero-order valence-electron chi connectivity index (χ0n) is 25.2.